The van der Waals surface area contributed by atoms with E-state index < -0.39 is 0 Å². The molecule has 0 unspecified atom stereocenters. The Morgan fingerprint density at radius 3 is 2.67 bits per heavy atom. The highest BCUT2D eigenvalue weighted by Crippen LogP contribution is 2.30. The maximum Gasteiger partial charge on any atom is 0.146 e. The number of nitrogens with zero attached hydrogens (tertiary/aromatic N) is 1. The zero-order valence-corrected chi connectivity index (χ0v) is 11.9. The second kappa shape index (κ2) is 5.43. The van der Waals surface area contributed by atoms with Gasteiger partial charge in [-0.2, -0.15) is 5.26 Å². The molecule has 90 valence electrons. The van der Waals surface area contributed by atoms with Crippen molar-refractivity contribution in [3.63, 3.8) is 0 Å². The highest BCUT2D eigenvalue weighted by atomic mass is 79.9. The molecule has 0 spiro atoms. The van der Waals surface area contributed by atoms with Crippen molar-refractivity contribution in [1.82, 2.24) is 0 Å². The Labute approximate surface area is 119 Å². The van der Waals surface area contributed by atoms with Crippen LogP contribution in [0.15, 0.2) is 40.9 Å². The summed E-state index contributed by atoms with van der Waals surface area (Å²) in [5.74, 6) is 1.18. The quantitative estimate of drug-likeness (QED) is 0.773. The number of rotatable bonds is 2. The molecule has 0 aliphatic rings. The third-order valence-electron chi connectivity index (χ3n) is 2.42. The van der Waals surface area contributed by atoms with Crippen LogP contribution in [-0.4, -0.2) is 0 Å². The lowest BCUT2D eigenvalue weighted by molar-refractivity contribution is 0.480. The molecule has 4 heteroatoms. The summed E-state index contributed by atoms with van der Waals surface area (Å²) in [6.45, 7) is 1.90. The molecule has 0 atom stereocenters. The summed E-state index contributed by atoms with van der Waals surface area (Å²) in [6, 6.07) is 12.8. The Balaban J connectivity index is 2.36. The lowest BCUT2D eigenvalue weighted by atomic mass is 10.2. The molecule has 0 bridgehead atoms. The SMILES string of the molecule is Cc1cc(Oc2cc(Br)ccc2C#N)ccc1Cl. The van der Waals surface area contributed by atoms with Gasteiger partial charge in [0.25, 0.3) is 0 Å². The lowest BCUT2D eigenvalue weighted by Crippen LogP contribution is -1.89. The molecular weight excluding hydrogens is 314 g/mol. The molecule has 2 aromatic carbocycles. The van der Waals surface area contributed by atoms with Gasteiger partial charge in [0, 0.05) is 9.50 Å². The third-order valence-corrected chi connectivity index (χ3v) is 3.34. The van der Waals surface area contributed by atoms with E-state index in [1.807, 2.05) is 13.0 Å². The Morgan fingerprint density at radius 1 is 1.22 bits per heavy atom. The molecule has 2 nitrogen and oxygen atoms in total. The van der Waals surface area contributed by atoms with E-state index in [0.717, 1.165) is 10.0 Å². The Kier molecular flexibility index (Phi) is 3.90. The summed E-state index contributed by atoms with van der Waals surface area (Å²) < 4.78 is 6.57. The predicted molar refractivity (Wildman–Crippen MR) is 75.1 cm³/mol. The smallest absolute Gasteiger partial charge is 0.146 e. The van der Waals surface area contributed by atoms with Crippen molar-refractivity contribution in [2.75, 3.05) is 0 Å². The van der Waals surface area contributed by atoms with Crippen LogP contribution in [0.4, 0.5) is 0 Å². The fraction of sp³-hybridized carbons (Fsp3) is 0.0714. The van der Waals surface area contributed by atoms with Gasteiger partial charge in [0.2, 0.25) is 0 Å². The van der Waals surface area contributed by atoms with Crippen LogP contribution in [0.3, 0.4) is 0 Å². The first-order chi connectivity index (χ1) is 8.60. The van der Waals surface area contributed by atoms with Crippen LogP contribution in [0.5, 0.6) is 11.5 Å². The van der Waals surface area contributed by atoms with Crippen molar-refractivity contribution >= 4 is 27.5 Å². The normalized spacial score (nSPS) is 9.89. The molecule has 2 aromatic rings. The molecular formula is C14H9BrClNO. The summed E-state index contributed by atoms with van der Waals surface area (Å²) in [7, 11) is 0. The second-order valence-corrected chi connectivity index (χ2v) is 5.09. The molecule has 0 saturated carbocycles. The topological polar surface area (TPSA) is 33.0 Å². The molecule has 0 aliphatic carbocycles. The largest absolute Gasteiger partial charge is 0.456 e. The summed E-state index contributed by atoms with van der Waals surface area (Å²) in [5, 5.41) is 9.71. The first-order valence-electron chi connectivity index (χ1n) is 5.24. The van der Waals surface area contributed by atoms with Crippen LogP contribution in [0, 0.1) is 18.3 Å². The van der Waals surface area contributed by atoms with Gasteiger partial charge < -0.3 is 4.74 Å². The van der Waals surface area contributed by atoms with Crippen LogP contribution < -0.4 is 4.74 Å². The van der Waals surface area contributed by atoms with Crippen molar-refractivity contribution in [3.05, 3.63) is 57.0 Å². The van der Waals surface area contributed by atoms with E-state index in [2.05, 4.69) is 22.0 Å². The number of halogens is 2. The van der Waals surface area contributed by atoms with E-state index in [9.17, 15) is 0 Å². The molecule has 0 fully saturated rings. The van der Waals surface area contributed by atoms with E-state index in [4.69, 9.17) is 21.6 Å². The van der Waals surface area contributed by atoms with Crippen LogP contribution in [-0.2, 0) is 0 Å². The van der Waals surface area contributed by atoms with Crippen LogP contribution >= 0.6 is 27.5 Å². The maximum absolute atomic E-state index is 9.02. The number of benzene rings is 2. The van der Waals surface area contributed by atoms with E-state index >= 15 is 0 Å². The van der Waals surface area contributed by atoms with Crippen LogP contribution in [0.1, 0.15) is 11.1 Å². The molecule has 0 N–H and O–H groups in total. The second-order valence-electron chi connectivity index (χ2n) is 3.77. The number of ether oxygens (including phenoxy) is 1. The first-order valence-corrected chi connectivity index (χ1v) is 6.41. The highest BCUT2D eigenvalue weighted by Gasteiger charge is 2.06. The third kappa shape index (κ3) is 2.84. The van der Waals surface area contributed by atoms with Gasteiger partial charge in [-0.05, 0) is 48.9 Å². The molecule has 0 radical (unpaired) electrons. The lowest BCUT2D eigenvalue weighted by Gasteiger charge is -2.09. The van der Waals surface area contributed by atoms with Gasteiger partial charge in [0.1, 0.15) is 17.6 Å². The molecule has 0 aromatic heterocycles. The predicted octanol–water partition coefficient (Wildman–Crippen LogP) is 5.07. The first kappa shape index (κ1) is 12.9. The number of hydrogen-bond acceptors (Lipinski definition) is 2. The van der Waals surface area contributed by atoms with Gasteiger partial charge in [-0.3, -0.25) is 0 Å². The number of nitriles is 1. The van der Waals surface area contributed by atoms with E-state index in [1.165, 1.54) is 0 Å². The van der Waals surface area contributed by atoms with Crippen molar-refractivity contribution in [1.29, 1.82) is 5.26 Å². The fourth-order valence-electron chi connectivity index (χ4n) is 1.48. The van der Waals surface area contributed by atoms with Crippen molar-refractivity contribution in [2.45, 2.75) is 6.92 Å². The number of aryl methyl sites for hydroxylation is 1. The van der Waals surface area contributed by atoms with Crippen molar-refractivity contribution in [2.24, 2.45) is 0 Å². The van der Waals surface area contributed by atoms with Crippen molar-refractivity contribution < 1.29 is 4.74 Å². The van der Waals surface area contributed by atoms with Gasteiger partial charge in [0.15, 0.2) is 0 Å². The average Bonchev–Trinajstić information content (AvgIpc) is 2.34. The minimum Gasteiger partial charge on any atom is -0.456 e. The molecule has 0 aliphatic heterocycles. The van der Waals surface area contributed by atoms with Crippen molar-refractivity contribution in [3.8, 4) is 17.6 Å². The molecule has 2 rings (SSSR count). The minimum absolute atomic E-state index is 0.491. The van der Waals surface area contributed by atoms with Gasteiger partial charge in [-0.15, -0.1) is 0 Å². The van der Waals surface area contributed by atoms with Crippen LogP contribution in [0.2, 0.25) is 5.02 Å². The summed E-state index contributed by atoms with van der Waals surface area (Å²) in [4.78, 5) is 0. The molecule has 0 saturated heterocycles. The van der Waals surface area contributed by atoms with Gasteiger partial charge in [0.05, 0.1) is 5.56 Å². The van der Waals surface area contributed by atoms with Gasteiger partial charge in [-0.1, -0.05) is 27.5 Å². The Bertz CT molecular complexity index is 634. The van der Waals surface area contributed by atoms with E-state index in [0.29, 0.717) is 22.1 Å². The summed E-state index contributed by atoms with van der Waals surface area (Å²) in [5.41, 5.74) is 1.42. The Morgan fingerprint density at radius 2 is 2.00 bits per heavy atom. The maximum atomic E-state index is 9.02. The minimum atomic E-state index is 0.491. The monoisotopic (exact) mass is 321 g/mol. The number of hydrogen-bond donors (Lipinski definition) is 0. The molecule has 18 heavy (non-hydrogen) atoms. The zero-order chi connectivity index (χ0) is 13.1. The standard InChI is InChI=1S/C14H9BrClNO/c1-9-6-12(4-5-13(9)16)18-14-7-11(15)3-2-10(14)8-17/h2-7H,1H3. The van der Waals surface area contributed by atoms with Crippen LogP contribution in [0.25, 0.3) is 0 Å². The summed E-state index contributed by atoms with van der Waals surface area (Å²) >= 11 is 9.31. The van der Waals surface area contributed by atoms with E-state index in [-0.39, 0.29) is 0 Å². The average molecular weight is 323 g/mol. The zero-order valence-electron chi connectivity index (χ0n) is 9.58. The summed E-state index contributed by atoms with van der Waals surface area (Å²) in [6.07, 6.45) is 0. The molecule has 0 heterocycles. The van der Waals surface area contributed by atoms with Gasteiger partial charge >= 0.3 is 0 Å². The molecule has 0 amide bonds. The highest BCUT2D eigenvalue weighted by molar-refractivity contribution is 9.10. The van der Waals surface area contributed by atoms with E-state index in [1.54, 1.807) is 30.3 Å². The Hall–Kier alpha value is -1.50. The fourth-order valence-corrected chi connectivity index (χ4v) is 1.94. The van der Waals surface area contributed by atoms with Gasteiger partial charge in [-0.25, -0.2) is 0 Å².